The van der Waals surface area contributed by atoms with Crippen molar-refractivity contribution in [3.05, 3.63) is 44.6 Å². The Kier molecular flexibility index (Phi) is 3.47. The number of halogens is 3. The monoisotopic (exact) mass is 316 g/mol. The minimum Gasteiger partial charge on any atom is -0.216 e. The van der Waals surface area contributed by atoms with E-state index in [1.54, 1.807) is 6.92 Å². The summed E-state index contributed by atoms with van der Waals surface area (Å²) in [7, 11) is 0. The first-order valence-electron chi connectivity index (χ1n) is 4.53. The summed E-state index contributed by atoms with van der Waals surface area (Å²) >= 11 is 15.3. The highest BCUT2D eigenvalue weighted by atomic mass is 79.9. The lowest BCUT2D eigenvalue weighted by molar-refractivity contribution is 1.14. The molecule has 0 bridgehead atoms. The van der Waals surface area contributed by atoms with Crippen LogP contribution < -0.4 is 0 Å². The summed E-state index contributed by atoms with van der Waals surface area (Å²) in [5.74, 6) is 0.530. The van der Waals surface area contributed by atoms with Crippen LogP contribution in [-0.2, 0) is 0 Å². The van der Waals surface area contributed by atoms with Gasteiger partial charge in [0.15, 0.2) is 5.82 Å². The summed E-state index contributed by atoms with van der Waals surface area (Å²) in [5, 5.41) is 0.768. The number of aromatic nitrogens is 2. The standard InChI is InChI=1S/C11H7BrCl2N2/c1-6-9(13)15-11(16-10(6)14)7-3-2-4-8(12)5-7/h2-5H,1H3. The molecule has 0 unspecified atom stereocenters. The van der Waals surface area contributed by atoms with Gasteiger partial charge in [-0.2, -0.15) is 0 Å². The molecule has 1 aromatic heterocycles. The lowest BCUT2D eigenvalue weighted by Gasteiger charge is -2.04. The maximum atomic E-state index is 5.96. The highest BCUT2D eigenvalue weighted by Crippen LogP contribution is 2.26. The van der Waals surface area contributed by atoms with E-state index in [2.05, 4.69) is 25.9 Å². The van der Waals surface area contributed by atoms with Gasteiger partial charge in [-0.05, 0) is 19.1 Å². The van der Waals surface area contributed by atoms with Crippen LogP contribution in [0.3, 0.4) is 0 Å². The van der Waals surface area contributed by atoms with E-state index in [0.717, 1.165) is 10.0 Å². The summed E-state index contributed by atoms with van der Waals surface area (Å²) in [5.41, 5.74) is 1.57. The SMILES string of the molecule is Cc1c(Cl)nc(-c2cccc(Br)c2)nc1Cl. The summed E-state index contributed by atoms with van der Waals surface area (Å²) in [6, 6.07) is 7.66. The molecular formula is C11H7BrCl2N2. The molecule has 0 saturated heterocycles. The molecular weight excluding hydrogens is 311 g/mol. The molecule has 1 aromatic carbocycles. The molecule has 1 heterocycles. The summed E-state index contributed by atoms with van der Waals surface area (Å²) in [6.45, 7) is 1.79. The van der Waals surface area contributed by atoms with Crippen LogP contribution in [0.5, 0.6) is 0 Å². The van der Waals surface area contributed by atoms with Gasteiger partial charge in [0.25, 0.3) is 0 Å². The minimum absolute atomic E-state index is 0.384. The fourth-order valence-corrected chi connectivity index (χ4v) is 2.01. The number of benzene rings is 1. The van der Waals surface area contributed by atoms with Crippen molar-refractivity contribution in [3.63, 3.8) is 0 Å². The molecule has 0 aliphatic rings. The van der Waals surface area contributed by atoms with Gasteiger partial charge in [0.1, 0.15) is 10.3 Å². The lowest BCUT2D eigenvalue weighted by Crippen LogP contribution is -1.93. The first kappa shape index (κ1) is 11.8. The molecule has 0 aliphatic heterocycles. The smallest absolute Gasteiger partial charge is 0.162 e. The topological polar surface area (TPSA) is 25.8 Å². The number of hydrogen-bond donors (Lipinski definition) is 0. The van der Waals surface area contributed by atoms with E-state index in [9.17, 15) is 0 Å². The summed E-state index contributed by atoms with van der Waals surface area (Å²) < 4.78 is 0.960. The van der Waals surface area contributed by atoms with Gasteiger partial charge in [0.05, 0.1) is 0 Å². The second kappa shape index (κ2) is 4.70. The Morgan fingerprint density at radius 3 is 2.31 bits per heavy atom. The van der Waals surface area contributed by atoms with Crippen molar-refractivity contribution in [2.45, 2.75) is 6.92 Å². The Hall–Kier alpha value is -0.640. The molecule has 0 saturated carbocycles. The fraction of sp³-hybridized carbons (Fsp3) is 0.0909. The van der Waals surface area contributed by atoms with Crippen molar-refractivity contribution < 1.29 is 0 Å². The van der Waals surface area contributed by atoms with E-state index < -0.39 is 0 Å². The molecule has 0 amide bonds. The van der Waals surface area contributed by atoms with Crippen molar-refractivity contribution in [2.75, 3.05) is 0 Å². The Morgan fingerprint density at radius 2 is 1.75 bits per heavy atom. The number of hydrogen-bond acceptors (Lipinski definition) is 2. The van der Waals surface area contributed by atoms with Crippen molar-refractivity contribution in [1.29, 1.82) is 0 Å². The Bertz CT molecular complexity index is 520. The van der Waals surface area contributed by atoms with Gasteiger partial charge >= 0.3 is 0 Å². The van der Waals surface area contributed by atoms with Crippen LogP contribution in [0.15, 0.2) is 28.7 Å². The van der Waals surface area contributed by atoms with Crippen molar-refractivity contribution >= 4 is 39.1 Å². The molecule has 2 nitrogen and oxygen atoms in total. The first-order chi connectivity index (χ1) is 7.58. The van der Waals surface area contributed by atoms with Gasteiger partial charge in [-0.1, -0.05) is 51.3 Å². The van der Waals surface area contributed by atoms with Crippen LogP contribution in [0.25, 0.3) is 11.4 Å². The molecule has 5 heteroatoms. The zero-order valence-electron chi connectivity index (χ0n) is 8.34. The van der Waals surface area contributed by atoms with Crippen LogP contribution in [0.4, 0.5) is 0 Å². The van der Waals surface area contributed by atoms with E-state index in [-0.39, 0.29) is 0 Å². The van der Waals surface area contributed by atoms with E-state index in [1.165, 1.54) is 0 Å². The molecule has 0 N–H and O–H groups in total. The third-order valence-electron chi connectivity index (χ3n) is 2.11. The molecule has 16 heavy (non-hydrogen) atoms. The van der Waals surface area contributed by atoms with Crippen LogP contribution in [0, 0.1) is 6.92 Å². The van der Waals surface area contributed by atoms with Crippen molar-refractivity contribution in [2.24, 2.45) is 0 Å². The number of rotatable bonds is 1. The normalized spacial score (nSPS) is 10.5. The van der Waals surface area contributed by atoms with E-state index >= 15 is 0 Å². The van der Waals surface area contributed by atoms with Crippen LogP contribution >= 0.6 is 39.1 Å². The molecule has 2 aromatic rings. The average molecular weight is 318 g/mol. The summed E-state index contributed by atoms with van der Waals surface area (Å²) in [6.07, 6.45) is 0. The zero-order chi connectivity index (χ0) is 11.7. The summed E-state index contributed by atoms with van der Waals surface area (Å²) in [4.78, 5) is 8.39. The quantitative estimate of drug-likeness (QED) is 0.723. The second-order valence-corrected chi connectivity index (χ2v) is 4.90. The van der Waals surface area contributed by atoms with Gasteiger partial charge < -0.3 is 0 Å². The Morgan fingerprint density at radius 1 is 1.12 bits per heavy atom. The van der Waals surface area contributed by atoms with Crippen molar-refractivity contribution in [1.82, 2.24) is 9.97 Å². The largest absolute Gasteiger partial charge is 0.216 e. The third-order valence-corrected chi connectivity index (χ3v) is 3.34. The van der Waals surface area contributed by atoms with Gasteiger partial charge in [0, 0.05) is 15.6 Å². The van der Waals surface area contributed by atoms with Gasteiger partial charge in [-0.25, -0.2) is 9.97 Å². The van der Waals surface area contributed by atoms with Crippen LogP contribution in [-0.4, -0.2) is 9.97 Å². The molecule has 0 atom stereocenters. The van der Waals surface area contributed by atoms with Gasteiger partial charge in [-0.15, -0.1) is 0 Å². The molecule has 0 radical (unpaired) electrons. The van der Waals surface area contributed by atoms with Crippen molar-refractivity contribution in [3.8, 4) is 11.4 Å². The molecule has 0 aliphatic carbocycles. The fourth-order valence-electron chi connectivity index (χ4n) is 1.22. The molecule has 82 valence electrons. The molecule has 2 rings (SSSR count). The molecule has 0 fully saturated rings. The predicted molar refractivity (Wildman–Crippen MR) is 69.9 cm³/mol. The maximum Gasteiger partial charge on any atom is 0.162 e. The van der Waals surface area contributed by atoms with E-state index in [1.807, 2.05) is 24.3 Å². The van der Waals surface area contributed by atoms with Gasteiger partial charge in [-0.3, -0.25) is 0 Å². The first-order valence-corrected chi connectivity index (χ1v) is 6.08. The highest BCUT2D eigenvalue weighted by molar-refractivity contribution is 9.10. The molecule has 0 spiro atoms. The van der Waals surface area contributed by atoms with Gasteiger partial charge in [0.2, 0.25) is 0 Å². The second-order valence-electron chi connectivity index (χ2n) is 3.26. The maximum absolute atomic E-state index is 5.96. The zero-order valence-corrected chi connectivity index (χ0v) is 11.4. The van der Waals surface area contributed by atoms with E-state index in [4.69, 9.17) is 23.2 Å². The number of nitrogens with zero attached hydrogens (tertiary/aromatic N) is 2. The third kappa shape index (κ3) is 2.37. The highest BCUT2D eigenvalue weighted by Gasteiger charge is 2.09. The average Bonchev–Trinajstić information content (AvgIpc) is 2.25. The lowest BCUT2D eigenvalue weighted by atomic mass is 10.2. The van der Waals surface area contributed by atoms with Crippen LogP contribution in [0.2, 0.25) is 10.3 Å². The van der Waals surface area contributed by atoms with E-state index in [0.29, 0.717) is 21.7 Å². The Balaban J connectivity index is 2.57. The minimum atomic E-state index is 0.384. The van der Waals surface area contributed by atoms with Crippen LogP contribution in [0.1, 0.15) is 5.56 Å². The predicted octanol–water partition coefficient (Wildman–Crippen LogP) is 4.52. The Labute approximate surface area is 112 Å².